The molecule has 0 amide bonds. The van der Waals surface area contributed by atoms with Crippen LogP contribution < -0.4 is 14.1 Å². The van der Waals surface area contributed by atoms with E-state index < -0.39 is 10.3 Å². The molecule has 0 aromatic heterocycles. The number of rotatable bonds is 3. The van der Waals surface area contributed by atoms with Crippen LogP contribution in [0.2, 0.25) is 0 Å². The van der Waals surface area contributed by atoms with Crippen molar-refractivity contribution in [1.82, 2.24) is 0 Å². The van der Waals surface area contributed by atoms with Crippen molar-refractivity contribution < 1.29 is 22.4 Å². The highest BCUT2D eigenvalue weighted by atomic mass is 32.2. The van der Waals surface area contributed by atoms with Gasteiger partial charge in [0.05, 0.1) is 13.2 Å². The molecular weight excluding hydrogens is 366 g/mol. The third-order valence-electron chi connectivity index (χ3n) is 8.34. The number of nitrogens with two attached hydrogens (primary N) is 1. The molecule has 3 fully saturated rings. The normalized spacial score (nSPS) is 41.8. The number of methoxy groups -OCH3 is 1. The molecule has 4 aliphatic carbocycles. The lowest BCUT2D eigenvalue weighted by molar-refractivity contribution is -0.0558. The van der Waals surface area contributed by atoms with E-state index in [1.54, 1.807) is 6.07 Å². The third kappa shape index (κ3) is 2.28. The lowest BCUT2D eigenvalue weighted by atomic mass is 9.52. The quantitative estimate of drug-likeness (QED) is 0.822. The summed E-state index contributed by atoms with van der Waals surface area (Å²) in [6, 6.07) is 3.74. The zero-order valence-electron chi connectivity index (χ0n) is 15.8. The van der Waals surface area contributed by atoms with E-state index in [2.05, 4.69) is 6.92 Å². The molecule has 1 aromatic carbocycles. The fourth-order valence-electron chi connectivity index (χ4n) is 7.15. The largest absolute Gasteiger partial charge is 0.493 e. The Morgan fingerprint density at radius 3 is 2.74 bits per heavy atom. The van der Waals surface area contributed by atoms with Crippen LogP contribution >= 0.6 is 0 Å². The van der Waals surface area contributed by atoms with Gasteiger partial charge >= 0.3 is 10.3 Å². The molecule has 0 radical (unpaired) electrons. The molecule has 6 nitrogen and oxygen atoms in total. The number of hydrogen-bond donors (Lipinski definition) is 2. The maximum Gasteiger partial charge on any atom is 0.380 e. The van der Waals surface area contributed by atoms with Crippen LogP contribution in [-0.2, 0) is 16.7 Å². The van der Waals surface area contributed by atoms with Crippen LogP contribution in [0.3, 0.4) is 0 Å². The first-order chi connectivity index (χ1) is 12.7. The topological polar surface area (TPSA) is 98.9 Å². The van der Waals surface area contributed by atoms with E-state index >= 15 is 0 Å². The second-order valence-electron chi connectivity index (χ2n) is 9.18. The predicted molar refractivity (Wildman–Crippen MR) is 99.8 cm³/mol. The van der Waals surface area contributed by atoms with Crippen molar-refractivity contribution >= 4 is 10.3 Å². The zero-order valence-corrected chi connectivity index (χ0v) is 16.6. The van der Waals surface area contributed by atoms with Crippen LogP contribution in [0.5, 0.6) is 11.5 Å². The third-order valence-corrected chi connectivity index (χ3v) is 8.75. The number of fused-ring (bicyclic) bond motifs is 3. The number of aliphatic hydroxyl groups excluding tert-OH is 1. The van der Waals surface area contributed by atoms with Gasteiger partial charge in [-0.15, -0.1) is 0 Å². The number of aliphatic hydroxyl groups is 1. The summed E-state index contributed by atoms with van der Waals surface area (Å²) in [5, 5.41) is 15.7. The smallest absolute Gasteiger partial charge is 0.380 e. The maximum absolute atomic E-state index is 11.4. The fraction of sp³-hybridized carbons (Fsp3) is 0.700. The molecule has 4 unspecified atom stereocenters. The van der Waals surface area contributed by atoms with Crippen molar-refractivity contribution in [2.24, 2.45) is 27.8 Å². The minimum atomic E-state index is -4.10. The van der Waals surface area contributed by atoms with Gasteiger partial charge in [0.2, 0.25) is 0 Å². The second kappa shape index (κ2) is 5.39. The van der Waals surface area contributed by atoms with Crippen molar-refractivity contribution in [2.75, 3.05) is 7.11 Å². The van der Waals surface area contributed by atoms with Crippen LogP contribution in [0.4, 0.5) is 0 Å². The molecule has 6 atom stereocenters. The average molecular weight is 394 g/mol. The van der Waals surface area contributed by atoms with Gasteiger partial charge in [-0.2, -0.15) is 13.6 Å². The monoisotopic (exact) mass is 393 g/mol. The highest BCUT2D eigenvalue weighted by molar-refractivity contribution is 7.84. The Morgan fingerprint density at radius 2 is 2.04 bits per heavy atom. The van der Waals surface area contributed by atoms with Gasteiger partial charge in [-0.3, -0.25) is 0 Å². The molecule has 7 heteroatoms. The molecule has 0 bridgehead atoms. The summed E-state index contributed by atoms with van der Waals surface area (Å²) in [5.41, 5.74) is 2.73. The Hall–Kier alpha value is -1.31. The van der Waals surface area contributed by atoms with Gasteiger partial charge < -0.3 is 14.0 Å². The van der Waals surface area contributed by atoms with Crippen molar-refractivity contribution in [1.29, 1.82) is 0 Å². The van der Waals surface area contributed by atoms with Gasteiger partial charge in [-0.1, -0.05) is 6.92 Å². The molecule has 4 aliphatic rings. The van der Waals surface area contributed by atoms with E-state index in [1.807, 2.05) is 6.07 Å². The molecular formula is C20H27NO5S. The van der Waals surface area contributed by atoms with Gasteiger partial charge in [-0.05, 0) is 90.4 Å². The Balaban J connectivity index is 1.55. The van der Waals surface area contributed by atoms with E-state index in [0.29, 0.717) is 23.5 Å². The van der Waals surface area contributed by atoms with Crippen molar-refractivity contribution in [2.45, 2.75) is 57.5 Å². The van der Waals surface area contributed by atoms with E-state index in [0.717, 1.165) is 37.7 Å². The SMILES string of the molecule is COc1cc2c(cc1OS(N)(=O)=O)CCC1C2CC[C@]2(C)[C@H](O)CC3CC312. The summed E-state index contributed by atoms with van der Waals surface area (Å²) in [6.07, 6.45) is 6.11. The van der Waals surface area contributed by atoms with Crippen LogP contribution in [0.15, 0.2) is 12.1 Å². The Bertz CT molecular complexity index is 915. The minimum absolute atomic E-state index is 0.0527. The van der Waals surface area contributed by atoms with Crippen molar-refractivity contribution in [3.63, 3.8) is 0 Å². The van der Waals surface area contributed by atoms with Crippen LogP contribution in [0.1, 0.15) is 56.1 Å². The molecule has 3 saturated carbocycles. The molecule has 27 heavy (non-hydrogen) atoms. The number of hydrogen-bond acceptors (Lipinski definition) is 5. The molecule has 1 aromatic rings. The zero-order chi connectivity index (χ0) is 19.2. The van der Waals surface area contributed by atoms with E-state index in [9.17, 15) is 13.5 Å². The first kappa shape index (κ1) is 17.8. The number of ether oxygens (including phenoxy) is 1. The summed E-state index contributed by atoms with van der Waals surface area (Å²) in [6.45, 7) is 2.31. The molecule has 0 saturated heterocycles. The minimum Gasteiger partial charge on any atom is -0.493 e. The fourth-order valence-corrected chi connectivity index (χ4v) is 7.53. The summed E-state index contributed by atoms with van der Waals surface area (Å²) in [4.78, 5) is 0. The summed E-state index contributed by atoms with van der Waals surface area (Å²) in [5.74, 6) is 2.26. The Morgan fingerprint density at radius 1 is 1.26 bits per heavy atom. The van der Waals surface area contributed by atoms with E-state index in [-0.39, 0.29) is 22.7 Å². The van der Waals surface area contributed by atoms with Crippen LogP contribution in [0, 0.1) is 22.7 Å². The van der Waals surface area contributed by atoms with Gasteiger partial charge in [0.1, 0.15) is 0 Å². The molecule has 0 aliphatic heterocycles. The Kier molecular flexibility index (Phi) is 3.55. The number of benzene rings is 1. The molecule has 5 rings (SSSR count). The van der Waals surface area contributed by atoms with Gasteiger partial charge in [-0.25, -0.2) is 0 Å². The van der Waals surface area contributed by atoms with Crippen LogP contribution in [0.25, 0.3) is 0 Å². The van der Waals surface area contributed by atoms with E-state index in [1.165, 1.54) is 19.1 Å². The lowest BCUT2D eigenvalue weighted by Gasteiger charge is -2.52. The van der Waals surface area contributed by atoms with Crippen molar-refractivity contribution in [3.05, 3.63) is 23.3 Å². The van der Waals surface area contributed by atoms with Gasteiger partial charge in [0.25, 0.3) is 0 Å². The summed E-state index contributed by atoms with van der Waals surface area (Å²) < 4.78 is 33.1. The van der Waals surface area contributed by atoms with Crippen LogP contribution in [-0.4, -0.2) is 26.7 Å². The standard InChI is InChI=1S/C20H27NO5S/c1-19-6-5-13-14-9-16(25-2)17(26-27(21,23)24)7-11(14)3-4-15(13)20(19)10-12(20)8-18(19)22/h7,9,12-13,15,18,22H,3-6,8,10H2,1-2H3,(H2,21,23,24)/t12?,13?,15?,18-,19-,20?/m1/s1. The predicted octanol–water partition coefficient (Wildman–Crippen LogP) is 2.49. The average Bonchev–Trinajstić information content (AvgIpc) is 3.25. The summed E-state index contributed by atoms with van der Waals surface area (Å²) in [7, 11) is -2.58. The number of aryl methyl sites for hydroxylation is 1. The highest BCUT2D eigenvalue weighted by Gasteiger charge is 2.76. The van der Waals surface area contributed by atoms with Crippen molar-refractivity contribution in [3.8, 4) is 11.5 Å². The molecule has 0 heterocycles. The molecule has 148 valence electrons. The highest BCUT2D eigenvalue weighted by Crippen LogP contribution is 2.81. The maximum atomic E-state index is 11.4. The van der Waals surface area contributed by atoms with Gasteiger partial charge in [0, 0.05) is 0 Å². The molecule has 3 N–H and O–H groups in total. The second-order valence-corrected chi connectivity index (χ2v) is 10.3. The van der Waals surface area contributed by atoms with Gasteiger partial charge in [0.15, 0.2) is 11.5 Å². The first-order valence-electron chi connectivity index (χ1n) is 9.81. The van der Waals surface area contributed by atoms with E-state index in [4.69, 9.17) is 14.1 Å². The first-order valence-corrected chi connectivity index (χ1v) is 11.3. The Labute approximate surface area is 160 Å². The molecule has 1 spiro atoms. The lowest BCUT2D eigenvalue weighted by Crippen LogP contribution is -2.47. The summed E-state index contributed by atoms with van der Waals surface area (Å²) >= 11 is 0.